The molecule has 22 heavy (non-hydrogen) atoms. The Kier molecular flexibility index (Phi) is 3.14. The summed E-state index contributed by atoms with van der Waals surface area (Å²) in [6.07, 6.45) is 6.51. The van der Waals surface area contributed by atoms with Crippen LogP contribution >= 0.6 is 11.6 Å². The number of benzene rings is 1. The average molecular weight is 318 g/mol. The predicted molar refractivity (Wildman–Crippen MR) is 85.7 cm³/mol. The zero-order valence-corrected chi connectivity index (χ0v) is 13.4. The number of alkyl halides is 1. The van der Waals surface area contributed by atoms with Crippen molar-refractivity contribution >= 4 is 17.5 Å². The van der Waals surface area contributed by atoms with Gasteiger partial charge in [-0.05, 0) is 31.2 Å². The number of nitrogens with zero attached hydrogens (tertiary/aromatic N) is 1. The highest BCUT2D eigenvalue weighted by Gasteiger charge is 2.59. The van der Waals surface area contributed by atoms with Gasteiger partial charge < -0.3 is 9.64 Å². The molecule has 0 saturated carbocycles. The lowest BCUT2D eigenvalue weighted by molar-refractivity contribution is -0.149. The number of halogens is 1. The monoisotopic (exact) mass is 317 g/mol. The minimum Gasteiger partial charge on any atom is -0.361 e. The molecule has 1 spiro atoms. The molecule has 2 bridgehead atoms. The fourth-order valence-corrected chi connectivity index (χ4v) is 4.61. The summed E-state index contributed by atoms with van der Waals surface area (Å²) in [6.45, 7) is 2.76. The Morgan fingerprint density at radius 1 is 1.41 bits per heavy atom. The molecule has 1 aromatic rings. The van der Waals surface area contributed by atoms with Crippen LogP contribution in [0, 0.1) is 5.92 Å². The van der Waals surface area contributed by atoms with Gasteiger partial charge in [-0.3, -0.25) is 4.79 Å². The molecule has 4 heteroatoms. The molecule has 4 atom stereocenters. The van der Waals surface area contributed by atoms with E-state index in [1.807, 2.05) is 23.1 Å². The number of rotatable bonds is 2. The standard InChI is InChI=1S/C18H20ClNO2/c1-17(13-5-3-2-4-6-13)10-14-9-15-7-8-18(14,22-15)12-20(17)16(21)11-19/h2-8,14-15H,9-12H2,1H3. The van der Waals surface area contributed by atoms with E-state index in [1.54, 1.807) is 0 Å². The van der Waals surface area contributed by atoms with Crippen LogP contribution in [0.15, 0.2) is 42.5 Å². The van der Waals surface area contributed by atoms with E-state index in [4.69, 9.17) is 16.3 Å². The van der Waals surface area contributed by atoms with Crippen molar-refractivity contribution in [1.29, 1.82) is 0 Å². The topological polar surface area (TPSA) is 29.5 Å². The van der Waals surface area contributed by atoms with E-state index in [9.17, 15) is 4.79 Å². The lowest BCUT2D eigenvalue weighted by Crippen LogP contribution is -2.61. The van der Waals surface area contributed by atoms with E-state index in [0.29, 0.717) is 12.5 Å². The number of hydrogen-bond acceptors (Lipinski definition) is 2. The van der Waals surface area contributed by atoms with Gasteiger partial charge in [0.15, 0.2) is 0 Å². The number of carbonyl (C=O) groups excluding carboxylic acids is 1. The number of amides is 1. The first-order valence-electron chi connectivity index (χ1n) is 7.86. The summed E-state index contributed by atoms with van der Waals surface area (Å²) in [5.74, 6) is 0.455. The summed E-state index contributed by atoms with van der Waals surface area (Å²) in [5.41, 5.74) is 0.570. The van der Waals surface area contributed by atoms with Crippen molar-refractivity contribution in [2.24, 2.45) is 5.92 Å². The van der Waals surface area contributed by atoms with E-state index in [-0.39, 0.29) is 29.0 Å². The largest absolute Gasteiger partial charge is 0.361 e. The van der Waals surface area contributed by atoms with E-state index >= 15 is 0 Å². The molecule has 3 aliphatic heterocycles. The minimum atomic E-state index is -0.315. The second-order valence-electron chi connectivity index (χ2n) is 6.86. The maximum atomic E-state index is 12.5. The van der Waals surface area contributed by atoms with Crippen LogP contribution in [0.5, 0.6) is 0 Å². The molecule has 1 aromatic carbocycles. The predicted octanol–water partition coefficient (Wildman–Crippen LogP) is 3.09. The van der Waals surface area contributed by atoms with Crippen LogP contribution in [-0.2, 0) is 15.1 Å². The van der Waals surface area contributed by atoms with Crippen molar-refractivity contribution in [3.05, 3.63) is 48.0 Å². The maximum Gasteiger partial charge on any atom is 0.238 e. The van der Waals surface area contributed by atoms with Gasteiger partial charge in [0.2, 0.25) is 5.91 Å². The van der Waals surface area contributed by atoms with Gasteiger partial charge in [-0.1, -0.05) is 42.5 Å². The molecule has 2 fully saturated rings. The van der Waals surface area contributed by atoms with Gasteiger partial charge in [0.1, 0.15) is 11.5 Å². The van der Waals surface area contributed by atoms with Gasteiger partial charge >= 0.3 is 0 Å². The highest BCUT2D eigenvalue weighted by Crippen LogP contribution is 2.54. The normalized spacial score (nSPS) is 39.1. The van der Waals surface area contributed by atoms with E-state index in [1.165, 1.54) is 5.56 Å². The number of hydrogen-bond donors (Lipinski definition) is 0. The van der Waals surface area contributed by atoms with Gasteiger partial charge in [0.05, 0.1) is 18.2 Å². The summed E-state index contributed by atoms with van der Waals surface area (Å²) < 4.78 is 6.17. The molecule has 116 valence electrons. The molecule has 0 radical (unpaired) electrons. The summed E-state index contributed by atoms with van der Waals surface area (Å²) in [5, 5.41) is 0. The average Bonchev–Trinajstić information content (AvgIpc) is 3.10. The van der Waals surface area contributed by atoms with Crippen LogP contribution in [0.2, 0.25) is 0 Å². The van der Waals surface area contributed by atoms with Crippen molar-refractivity contribution < 1.29 is 9.53 Å². The Labute approximate surface area is 135 Å². The van der Waals surface area contributed by atoms with Crippen molar-refractivity contribution in [3.63, 3.8) is 0 Å². The van der Waals surface area contributed by atoms with Crippen LogP contribution in [0.3, 0.4) is 0 Å². The molecule has 4 unspecified atom stereocenters. The SMILES string of the molecule is CC1(c2ccccc2)CC2CC3C=CC2(CN1C(=O)CCl)O3. The van der Waals surface area contributed by atoms with Gasteiger partial charge in [0, 0.05) is 0 Å². The van der Waals surface area contributed by atoms with E-state index in [0.717, 1.165) is 12.8 Å². The van der Waals surface area contributed by atoms with Crippen LogP contribution in [0.1, 0.15) is 25.3 Å². The third-order valence-corrected chi connectivity index (χ3v) is 5.86. The Hall–Kier alpha value is -1.32. The molecule has 2 saturated heterocycles. The van der Waals surface area contributed by atoms with Crippen molar-refractivity contribution in [2.75, 3.05) is 12.4 Å². The molecule has 0 N–H and O–H groups in total. The number of likely N-dealkylation sites (tertiary alicyclic amines) is 1. The molecule has 0 aliphatic carbocycles. The third kappa shape index (κ3) is 1.88. The lowest BCUT2D eigenvalue weighted by atomic mass is 9.68. The molecule has 3 nitrogen and oxygen atoms in total. The number of carbonyl (C=O) groups is 1. The van der Waals surface area contributed by atoms with Crippen molar-refractivity contribution in [3.8, 4) is 0 Å². The first kappa shape index (κ1) is 14.3. The van der Waals surface area contributed by atoms with Crippen molar-refractivity contribution in [2.45, 2.75) is 37.0 Å². The van der Waals surface area contributed by atoms with Gasteiger partial charge in [-0.15, -0.1) is 11.6 Å². The van der Waals surface area contributed by atoms with Crippen LogP contribution in [-0.4, -0.2) is 34.9 Å². The molecule has 0 aromatic heterocycles. The van der Waals surface area contributed by atoms with Crippen LogP contribution < -0.4 is 0 Å². The quantitative estimate of drug-likeness (QED) is 0.619. The number of piperidine rings is 1. The molecular formula is C18H20ClNO2. The third-order valence-electron chi connectivity index (χ3n) is 5.63. The lowest BCUT2D eigenvalue weighted by Gasteiger charge is -2.53. The Bertz CT molecular complexity index is 631. The summed E-state index contributed by atoms with van der Waals surface area (Å²) >= 11 is 5.89. The smallest absolute Gasteiger partial charge is 0.238 e. The van der Waals surface area contributed by atoms with E-state index < -0.39 is 0 Å². The van der Waals surface area contributed by atoms with E-state index in [2.05, 4.69) is 31.2 Å². The van der Waals surface area contributed by atoms with Crippen LogP contribution in [0.25, 0.3) is 0 Å². The zero-order chi connectivity index (χ0) is 15.4. The molecule has 3 aliphatic rings. The zero-order valence-electron chi connectivity index (χ0n) is 12.7. The summed E-state index contributed by atoms with van der Waals surface area (Å²) in [7, 11) is 0. The molecule has 1 amide bonds. The Morgan fingerprint density at radius 3 is 2.86 bits per heavy atom. The summed E-state index contributed by atoms with van der Waals surface area (Å²) in [6, 6.07) is 10.3. The second kappa shape index (κ2) is 4.84. The first-order chi connectivity index (χ1) is 10.6. The maximum absolute atomic E-state index is 12.5. The molecule has 3 heterocycles. The Balaban J connectivity index is 1.77. The molecule has 4 rings (SSSR count). The highest BCUT2D eigenvalue weighted by atomic mass is 35.5. The van der Waals surface area contributed by atoms with Gasteiger partial charge in [0.25, 0.3) is 0 Å². The minimum absolute atomic E-state index is 0.0102. The number of ether oxygens (including phenoxy) is 1. The Morgan fingerprint density at radius 2 is 2.18 bits per heavy atom. The van der Waals surface area contributed by atoms with Crippen LogP contribution in [0.4, 0.5) is 0 Å². The number of fused-ring (bicyclic) bond motifs is 1. The second-order valence-corrected chi connectivity index (χ2v) is 7.13. The fourth-order valence-electron chi connectivity index (χ4n) is 4.46. The van der Waals surface area contributed by atoms with Gasteiger partial charge in [-0.25, -0.2) is 0 Å². The van der Waals surface area contributed by atoms with Gasteiger partial charge in [-0.2, -0.15) is 0 Å². The molecular weight excluding hydrogens is 298 g/mol. The highest BCUT2D eigenvalue weighted by molar-refractivity contribution is 6.27. The first-order valence-corrected chi connectivity index (χ1v) is 8.40. The summed E-state index contributed by atoms with van der Waals surface area (Å²) in [4.78, 5) is 14.5. The van der Waals surface area contributed by atoms with Crippen molar-refractivity contribution in [1.82, 2.24) is 4.90 Å². The fraction of sp³-hybridized carbons (Fsp3) is 0.500.